The Morgan fingerprint density at radius 3 is 2.30 bits per heavy atom. The largest absolute Gasteiger partial charge is 0.369 e. The van der Waals surface area contributed by atoms with Gasteiger partial charge in [-0.2, -0.15) is 0 Å². The number of anilines is 1. The molecular weight excluding hydrogens is 407 g/mol. The Kier molecular flexibility index (Phi) is 13.1. The van der Waals surface area contributed by atoms with Crippen molar-refractivity contribution in [1.29, 1.82) is 0 Å². The molecule has 3 N–H and O–H groups in total. The fourth-order valence-corrected chi connectivity index (χ4v) is 3.78. The quantitative estimate of drug-likeness (QED) is 0.669. The molecule has 1 aromatic carbocycles. The Hall–Kier alpha value is -0.720. The molecule has 8 heteroatoms. The van der Waals surface area contributed by atoms with Crippen molar-refractivity contribution in [1.82, 2.24) is 10.2 Å². The van der Waals surface area contributed by atoms with Crippen LogP contribution in [0.5, 0.6) is 0 Å². The Labute approximate surface area is 181 Å². The van der Waals surface area contributed by atoms with E-state index in [0.717, 1.165) is 65.0 Å². The molecule has 1 aromatic rings. The average Bonchev–Trinajstić information content (AvgIpc) is 3.06. The predicted octanol–water partition coefficient (Wildman–Crippen LogP) is 2.71. The third-order valence-corrected chi connectivity index (χ3v) is 5.29. The van der Waals surface area contributed by atoms with Gasteiger partial charge in [0, 0.05) is 50.4 Å². The standard InChI is InChI=1S/C19H30N4O.3ClH/c20-17-8-7-16(15-17)19(24)21-9-4-10-22-11-13-23(14-12-22)18-5-2-1-3-6-18;;;/h1-3,5-6,16-17H,4,7-15,20H2,(H,21,24);3*1H. The number of nitrogens with one attached hydrogen (secondary N) is 1. The van der Waals surface area contributed by atoms with Gasteiger partial charge in [-0.15, -0.1) is 37.2 Å². The van der Waals surface area contributed by atoms with Crippen molar-refractivity contribution in [3.05, 3.63) is 30.3 Å². The SMILES string of the molecule is Cl.Cl.Cl.NC1CCC(C(=O)NCCCN2CCN(c3ccccc3)CC2)C1. The molecule has 156 valence electrons. The number of hydrogen-bond donors (Lipinski definition) is 2. The van der Waals surface area contributed by atoms with Crippen LogP contribution in [0.3, 0.4) is 0 Å². The number of nitrogens with two attached hydrogens (primary N) is 1. The Morgan fingerprint density at radius 1 is 1.04 bits per heavy atom. The Bertz CT molecular complexity index is 527. The van der Waals surface area contributed by atoms with Crippen LogP contribution < -0.4 is 16.0 Å². The molecule has 0 radical (unpaired) electrons. The first kappa shape index (κ1) is 26.3. The molecule has 1 saturated carbocycles. The van der Waals surface area contributed by atoms with Gasteiger partial charge in [0.1, 0.15) is 0 Å². The summed E-state index contributed by atoms with van der Waals surface area (Å²) in [6.45, 7) is 6.20. The second kappa shape index (κ2) is 13.5. The van der Waals surface area contributed by atoms with Gasteiger partial charge in [0.2, 0.25) is 5.91 Å². The topological polar surface area (TPSA) is 61.6 Å². The molecule has 1 saturated heterocycles. The minimum atomic E-state index is 0. The molecule has 2 fully saturated rings. The lowest BCUT2D eigenvalue weighted by molar-refractivity contribution is -0.124. The van der Waals surface area contributed by atoms with Crippen LogP contribution in [0.4, 0.5) is 5.69 Å². The van der Waals surface area contributed by atoms with E-state index < -0.39 is 0 Å². The number of rotatable bonds is 6. The monoisotopic (exact) mass is 438 g/mol. The molecule has 0 spiro atoms. The average molecular weight is 440 g/mol. The second-order valence-electron chi connectivity index (χ2n) is 7.08. The van der Waals surface area contributed by atoms with E-state index >= 15 is 0 Å². The van der Waals surface area contributed by atoms with E-state index in [2.05, 4.69) is 45.4 Å². The molecule has 27 heavy (non-hydrogen) atoms. The van der Waals surface area contributed by atoms with E-state index in [1.165, 1.54) is 5.69 Å². The smallest absolute Gasteiger partial charge is 0.223 e. The number of carbonyl (C=O) groups is 1. The lowest BCUT2D eigenvalue weighted by atomic mass is 10.1. The summed E-state index contributed by atoms with van der Waals surface area (Å²) in [5.74, 6) is 0.353. The zero-order chi connectivity index (χ0) is 16.8. The van der Waals surface area contributed by atoms with Gasteiger partial charge >= 0.3 is 0 Å². The maximum atomic E-state index is 12.1. The summed E-state index contributed by atoms with van der Waals surface area (Å²) in [5.41, 5.74) is 7.20. The molecule has 1 aliphatic heterocycles. The lowest BCUT2D eigenvalue weighted by Crippen LogP contribution is -2.47. The molecular formula is C19H33Cl3N4O. The van der Waals surface area contributed by atoms with Gasteiger partial charge < -0.3 is 16.0 Å². The van der Waals surface area contributed by atoms with E-state index in [9.17, 15) is 4.79 Å². The number of halogens is 3. The molecule has 2 aliphatic rings. The van der Waals surface area contributed by atoms with Crippen LogP contribution in [0.15, 0.2) is 30.3 Å². The maximum absolute atomic E-state index is 12.1. The fourth-order valence-electron chi connectivity index (χ4n) is 3.78. The summed E-state index contributed by atoms with van der Waals surface area (Å²) >= 11 is 0. The summed E-state index contributed by atoms with van der Waals surface area (Å²) in [5, 5.41) is 3.09. The number of carbonyl (C=O) groups excluding carboxylic acids is 1. The fraction of sp³-hybridized carbons (Fsp3) is 0.632. The molecule has 0 aromatic heterocycles. The van der Waals surface area contributed by atoms with Crippen LogP contribution in [0.25, 0.3) is 0 Å². The third-order valence-electron chi connectivity index (χ3n) is 5.29. The van der Waals surface area contributed by atoms with E-state index in [4.69, 9.17) is 5.73 Å². The molecule has 0 bridgehead atoms. The number of amides is 1. The highest BCUT2D eigenvalue weighted by molar-refractivity contribution is 5.86. The van der Waals surface area contributed by atoms with Gasteiger partial charge in [0.15, 0.2) is 0 Å². The highest BCUT2D eigenvalue weighted by atomic mass is 35.5. The molecule has 1 aliphatic carbocycles. The number of nitrogens with zero attached hydrogens (tertiary/aromatic N) is 2. The van der Waals surface area contributed by atoms with Crippen molar-refractivity contribution in [2.24, 2.45) is 11.7 Å². The van der Waals surface area contributed by atoms with E-state index in [1.807, 2.05) is 0 Å². The molecule has 1 heterocycles. The highest BCUT2D eigenvalue weighted by Gasteiger charge is 2.27. The zero-order valence-electron chi connectivity index (χ0n) is 15.7. The highest BCUT2D eigenvalue weighted by Crippen LogP contribution is 2.24. The van der Waals surface area contributed by atoms with E-state index in [-0.39, 0.29) is 55.1 Å². The molecule has 5 nitrogen and oxygen atoms in total. The van der Waals surface area contributed by atoms with Crippen LogP contribution in [0, 0.1) is 5.92 Å². The summed E-state index contributed by atoms with van der Waals surface area (Å²) in [6.07, 6.45) is 3.82. The normalized spacial score (nSPS) is 22.2. The number of para-hydroxylation sites is 1. The van der Waals surface area contributed by atoms with Crippen molar-refractivity contribution in [3.63, 3.8) is 0 Å². The van der Waals surface area contributed by atoms with Crippen LogP contribution in [0.1, 0.15) is 25.7 Å². The van der Waals surface area contributed by atoms with Gasteiger partial charge in [-0.05, 0) is 44.4 Å². The number of benzene rings is 1. The van der Waals surface area contributed by atoms with Crippen molar-refractivity contribution in [2.75, 3.05) is 44.2 Å². The Balaban J connectivity index is 0.00000225. The molecule has 1 amide bonds. The van der Waals surface area contributed by atoms with Gasteiger partial charge in [-0.3, -0.25) is 9.69 Å². The van der Waals surface area contributed by atoms with E-state index in [0.29, 0.717) is 0 Å². The summed E-state index contributed by atoms with van der Waals surface area (Å²) in [6, 6.07) is 10.8. The van der Waals surface area contributed by atoms with Crippen molar-refractivity contribution < 1.29 is 4.79 Å². The number of hydrogen-bond acceptors (Lipinski definition) is 4. The van der Waals surface area contributed by atoms with Gasteiger partial charge in [-0.25, -0.2) is 0 Å². The first-order valence-electron chi connectivity index (χ1n) is 9.28. The molecule has 2 atom stereocenters. The third kappa shape index (κ3) is 8.04. The summed E-state index contributed by atoms with van der Waals surface area (Å²) < 4.78 is 0. The van der Waals surface area contributed by atoms with Crippen LogP contribution in [-0.4, -0.2) is 56.1 Å². The van der Waals surface area contributed by atoms with Crippen LogP contribution in [0.2, 0.25) is 0 Å². The minimum Gasteiger partial charge on any atom is -0.369 e. The lowest BCUT2D eigenvalue weighted by Gasteiger charge is -2.36. The molecule has 3 rings (SSSR count). The molecule has 2 unspecified atom stereocenters. The van der Waals surface area contributed by atoms with Crippen molar-refractivity contribution >= 4 is 48.8 Å². The number of piperazine rings is 1. The zero-order valence-corrected chi connectivity index (χ0v) is 18.2. The van der Waals surface area contributed by atoms with Crippen LogP contribution >= 0.6 is 37.2 Å². The minimum absolute atomic E-state index is 0. The van der Waals surface area contributed by atoms with Crippen molar-refractivity contribution in [2.45, 2.75) is 31.7 Å². The summed E-state index contributed by atoms with van der Waals surface area (Å²) in [7, 11) is 0. The first-order valence-corrected chi connectivity index (χ1v) is 9.28. The van der Waals surface area contributed by atoms with Crippen molar-refractivity contribution in [3.8, 4) is 0 Å². The Morgan fingerprint density at radius 2 is 1.70 bits per heavy atom. The van der Waals surface area contributed by atoms with Crippen LogP contribution in [-0.2, 0) is 4.79 Å². The first-order chi connectivity index (χ1) is 11.7. The van der Waals surface area contributed by atoms with Gasteiger partial charge in [0.05, 0.1) is 0 Å². The van der Waals surface area contributed by atoms with Gasteiger partial charge in [0.25, 0.3) is 0 Å². The summed E-state index contributed by atoms with van der Waals surface area (Å²) in [4.78, 5) is 17.0. The van der Waals surface area contributed by atoms with E-state index in [1.54, 1.807) is 0 Å². The maximum Gasteiger partial charge on any atom is 0.223 e. The second-order valence-corrected chi connectivity index (χ2v) is 7.08. The van der Waals surface area contributed by atoms with Gasteiger partial charge in [-0.1, -0.05) is 18.2 Å². The predicted molar refractivity (Wildman–Crippen MR) is 120 cm³/mol.